The zero-order chi connectivity index (χ0) is 18.4. The van der Waals surface area contributed by atoms with E-state index in [0.717, 1.165) is 32.0 Å². The number of hydrogen-bond acceptors (Lipinski definition) is 3. The summed E-state index contributed by atoms with van der Waals surface area (Å²) in [4.78, 5) is 12.1. The number of amides is 1. The molecular formula is C18H26ClF3N2O2. The van der Waals surface area contributed by atoms with Crippen LogP contribution in [0.25, 0.3) is 0 Å². The molecule has 0 bridgehead atoms. The monoisotopic (exact) mass is 394 g/mol. The van der Waals surface area contributed by atoms with Gasteiger partial charge in [0.15, 0.2) is 0 Å². The second-order valence-corrected chi connectivity index (χ2v) is 6.59. The fourth-order valence-electron chi connectivity index (χ4n) is 3.19. The number of methoxy groups -OCH3 is 1. The van der Waals surface area contributed by atoms with Crippen LogP contribution in [-0.4, -0.2) is 26.1 Å². The van der Waals surface area contributed by atoms with Gasteiger partial charge >= 0.3 is 6.18 Å². The van der Waals surface area contributed by atoms with E-state index >= 15 is 0 Å². The van der Waals surface area contributed by atoms with E-state index in [1.165, 1.54) is 19.2 Å². The van der Waals surface area contributed by atoms with E-state index in [-0.39, 0.29) is 42.1 Å². The van der Waals surface area contributed by atoms with Crippen LogP contribution in [0.4, 0.5) is 13.2 Å². The van der Waals surface area contributed by atoms with Crippen LogP contribution in [0.5, 0.6) is 5.75 Å². The summed E-state index contributed by atoms with van der Waals surface area (Å²) in [6.07, 6.45) is -1.99. The Balaban J connectivity index is 0.00000338. The first-order chi connectivity index (χ1) is 11.8. The molecule has 2 rings (SSSR count). The van der Waals surface area contributed by atoms with Gasteiger partial charge < -0.3 is 15.4 Å². The molecule has 2 unspecified atom stereocenters. The van der Waals surface area contributed by atoms with E-state index < -0.39 is 11.7 Å². The molecular weight excluding hydrogens is 369 g/mol. The molecule has 2 atom stereocenters. The van der Waals surface area contributed by atoms with E-state index in [4.69, 9.17) is 4.74 Å². The number of ether oxygens (including phenoxy) is 1. The van der Waals surface area contributed by atoms with Crippen LogP contribution in [0.1, 0.15) is 37.3 Å². The first-order valence-corrected chi connectivity index (χ1v) is 8.52. The molecule has 8 heteroatoms. The average molecular weight is 395 g/mol. The Labute approximate surface area is 158 Å². The van der Waals surface area contributed by atoms with Crippen molar-refractivity contribution in [2.75, 3.05) is 20.2 Å². The van der Waals surface area contributed by atoms with Gasteiger partial charge in [-0.15, -0.1) is 12.4 Å². The topological polar surface area (TPSA) is 50.4 Å². The predicted octanol–water partition coefficient (Wildman–Crippen LogP) is 3.78. The minimum Gasteiger partial charge on any atom is -0.497 e. The van der Waals surface area contributed by atoms with Crippen molar-refractivity contribution in [1.29, 1.82) is 0 Å². The number of nitrogens with one attached hydrogen (secondary N) is 2. The van der Waals surface area contributed by atoms with Crippen molar-refractivity contribution < 1.29 is 22.7 Å². The lowest BCUT2D eigenvalue weighted by molar-refractivity contribution is -0.138. The Morgan fingerprint density at radius 2 is 2.15 bits per heavy atom. The highest BCUT2D eigenvalue weighted by Crippen LogP contribution is 2.34. The van der Waals surface area contributed by atoms with Crippen LogP contribution in [0, 0.1) is 11.8 Å². The van der Waals surface area contributed by atoms with Gasteiger partial charge in [-0.3, -0.25) is 4.79 Å². The zero-order valence-electron chi connectivity index (χ0n) is 15.0. The van der Waals surface area contributed by atoms with Crippen LogP contribution >= 0.6 is 12.4 Å². The molecule has 1 aromatic carbocycles. The highest BCUT2D eigenvalue weighted by atomic mass is 35.5. The number of hydrogen-bond donors (Lipinski definition) is 2. The lowest BCUT2D eigenvalue weighted by Gasteiger charge is -2.28. The maximum Gasteiger partial charge on any atom is 0.416 e. The van der Waals surface area contributed by atoms with Gasteiger partial charge in [0.1, 0.15) is 5.75 Å². The van der Waals surface area contributed by atoms with Crippen LogP contribution in [0.3, 0.4) is 0 Å². The fourth-order valence-corrected chi connectivity index (χ4v) is 3.19. The number of rotatable bonds is 6. The Hall–Kier alpha value is -1.47. The summed E-state index contributed by atoms with van der Waals surface area (Å²) in [5.74, 6) is 0.555. The maximum atomic E-state index is 13.2. The van der Waals surface area contributed by atoms with Gasteiger partial charge in [0.25, 0.3) is 0 Å². The molecule has 1 saturated heterocycles. The lowest BCUT2D eigenvalue weighted by Crippen LogP contribution is -2.35. The smallest absolute Gasteiger partial charge is 0.416 e. The predicted molar refractivity (Wildman–Crippen MR) is 96.5 cm³/mol. The van der Waals surface area contributed by atoms with Gasteiger partial charge in [0.05, 0.1) is 12.7 Å². The van der Waals surface area contributed by atoms with Crippen molar-refractivity contribution in [2.24, 2.45) is 11.8 Å². The average Bonchev–Trinajstić information content (AvgIpc) is 2.59. The van der Waals surface area contributed by atoms with Gasteiger partial charge in [-0.25, -0.2) is 0 Å². The quantitative estimate of drug-likeness (QED) is 0.772. The number of carbonyl (C=O) groups excluding carboxylic acids is 1. The molecule has 1 heterocycles. The van der Waals surface area contributed by atoms with Gasteiger partial charge in [0, 0.05) is 13.0 Å². The normalized spacial score (nSPS) is 18.6. The minimum absolute atomic E-state index is 0. The third kappa shape index (κ3) is 6.36. The van der Waals surface area contributed by atoms with E-state index in [1.54, 1.807) is 0 Å². The van der Waals surface area contributed by atoms with E-state index in [9.17, 15) is 18.0 Å². The van der Waals surface area contributed by atoms with Crippen LogP contribution in [-0.2, 0) is 17.5 Å². The summed E-state index contributed by atoms with van der Waals surface area (Å²) in [5.41, 5.74) is -0.745. The molecule has 1 amide bonds. The Morgan fingerprint density at radius 1 is 1.42 bits per heavy atom. The molecule has 1 aliphatic heterocycles. The lowest BCUT2D eigenvalue weighted by atomic mass is 9.85. The second kappa shape index (κ2) is 10.0. The van der Waals surface area contributed by atoms with Crippen LogP contribution in [0.2, 0.25) is 0 Å². The molecule has 0 radical (unpaired) electrons. The van der Waals surface area contributed by atoms with Crippen molar-refractivity contribution in [3.05, 3.63) is 29.3 Å². The number of halogens is 4. The van der Waals surface area contributed by atoms with E-state index in [2.05, 4.69) is 10.6 Å². The molecule has 26 heavy (non-hydrogen) atoms. The molecule has 2 N–H and O–H groups in total. The first-order valence-electron chi connectivity index (χ1n) is 8.52. The summed E-state index contributed by atoms with van der Waals surface area (Å²) in [7, 11) is 1.32. The summed E-state index contributed by atoms with van der Waals surface area (Å²) in [6.45, 7) is 3.78. The zero-order valence-corrected chi connectivity index (χ0v) is 15.8. The van der Waals surface area contributed by atoms with Gasteiger partial charge in [-0.2, -0.15) is 13.2 Å². The number of benzene rings is 1. The SMILES string of the molecule is COc1ccc(CNC(=O)CC(C)C2CCCNC2)c(C(F)(F)F)c1.Cl. The molecule has 1 aliphatic rings. The number of alkyl halides is 3. The van der Waals surface area contributed by atoms with Crippen molar-refractivity contribution in [2.45, 2.75) is 38.9 Å². The maximum absolute atomic E-state index is 13.2. The third-order valence-corrected chi connectivity index (χ3v) is 4.75. The van der Waals surface area contributed by atoms with E-state index in [0.29, 0.717) is 12.3 Å². The van der Waals surface area contributed by atoms with Crippen molar-refractivity contribution in [1.82, 2.24) is 10.6 Å². The van der Waals surface area contributed by atoms with Gasteiger partial charge in [-0.1, -0.05) is 13.0 Å². The fraction of sp³-hybridized carbons (Fsp3) is 0.611. The largest absolute Gasteiger partial charge is 0.497 e. The third-order valence-electron chi connectivity index (χ3n) is 4.75. The molecule has 1 aromatic rings. The first kappa shape index (κ1) is 22.6. The van der Waals surface area contributed by atoms with Gasteiger partial charge in [0.2, 0.25) is 5.91 Å². The van der Waals surface area contributed by atoms with Crippen LogP contribution in [0.15, 0.2) is 18.2 Å². The number of carbonyl (C=O) groups is 1. The molecule has 148 valence electrons. The molecule has 1 fully saturated rings. The minimum atomic E-state index is -4.49. The number of piperidine rings is 1. The molecule has 0 saturated carbocycles. The molecule has 0 spiro atoms. The van der Waals surface area contributed by atoms with Crippen molar-refractivity contribution >= 4 is 18.3 Å². The standard InChI is InChI=1S/C18H25F3N2O2.ClH/c1-12(13-4-3-7-22-10-13)8-17(24)23-11-14-5-6-15(25-2)9-16(14)18(19,20)21;/h5-6,9,12-13,22H,3-4,7-8,10-11H2,1-2H3,(H,23,24);1H. The summed E-state index contributed by atoms with van der Waals surface area (Å²) >= 11 is 0. The van der Waals surface area contributed by atoms with Crippen molar-refractivity contribution in [3.8, 4) is 5.75 Å². The highest BCUT2D eigenvalue weighted by molar-refractivity contribution is 5.85. The molecule has 0 aromatic heterocycles. The second-order valence-electron chi connectivity index (χ2n) is 6.59. The van der Waals surface area contributed by atoms with E-state index in [1.807, 2.05) is 6.92 Å². The Kier molecular flexibility index (Phi) is 8.70. The summed E-state index contributed by atoms with van der Waals surface area (Å²) in [5, 5.41) is 5.93. The molecule has 4 nitrogen and oxygen atoms in total. The van der Waals surface area contributed by atoms with Crippen molar-refractivity contribution in [3.63, 3.8) is 0 Å². The summed E-state index contributed by atoms with van der Waals surface area (Å²) in [6, 6.07) is 3.77. The Morgan fingerprint density at radius 3 is 2.73 bits per heavy atom. The van der Waals surface area contributed by atoms with Crippen LogP contribution < -0.4 is 15.4 Å². The van der Waals surface area contributed by atoms with Gasteiger partial charge in [-0.05, 0) is 55.5 Å². The Bertz CT molecular complexity index is 590. The highest BCUT2D eigenvalue weighted by Gasteiger charge is 2.34. The summed E-state index contributed by atoms with van der Waals surface area (Å²) < 4.78 is 44.4. The molecule has 0 aliphatic carbocycles.